The van der Waals surface area contributed by atoms with Crippen LogP contribution in [0.5, 0.6) is 0 Å². The molecule has 0 aromatic heterocycles. The highest BCUT2D eigenvalue weighted by Crippen LogP contribution is 2.35. The van der Waals surface area contributed by atoms with E-state index in [9.17, 15) is 18.0 Å². The minimum atomic E-state index is -4.55. The molecule has 0 heterocycles. The van der Waals surface area contributed by atoms with Crippen LogP contribution in [0, 0.1) is 0 Å². The Hall–Kier alpha value is -1.72. The van der Waals surface area contributed by atoms with Gasteiger partial charge in [0.25, 0.3) is 5.91 Å². The Morgan fingerprint density at radius 3 is 2.50 bits per heavy atom. The van der Waals surface area contributed by atoms with Crippen LogP contribution in [0.15, 0.2) is 18.2 Å². The third kappa shape index (κ3) is 3.88. The van der Waals surface area contributed by atoms with Crippen molar-refractivity contribution in [1.82, 2.24) is 4.90 Å². The van der Waals surface area contributed by atoms with Gasteiger partial charge in [-0.1, -0.05) is 25.8 Å². The summed E-state index contributed by atoms with van der Waals surface area (Å²) in [7, 11) is 1.57. The van der Waals surface area contributed by atoms with E-state index < -0.39 is 23.3 Å². The molecule has 3 nitrogen and oxygen atoms in total. The summed E-state index contributed by atoms with van der Waals surface area (Å²) in [6.45, 7) is 2.54. The van der Waals surface area contributed by atoms with Crippen LogP contribution in [-0.2, 0) is 6.18 Å². The van der Waals surface area contributed by atoms with Crippen molar-refractivity contribution in [2.45, 2.75) is 32.4 Å². The van der Waals surface area contributed by atoms with Gasteiger partial charge in [-0.25, -0.2) is 0 Å². The second-order valence-electron chi connectivity index (χ2n) is 4.70. The van der Waals surface area contributed by atoms with Crippen LogP contribution in [0.25, 0.3) is 0 Å². The van der Waals surface area contributed by atoms with Gasteiger partial charge in [-0.2, -0.15) is 13.2 Å². The highest BCUT2D eigenvalue weighted by molar-refractivity contribution is 5.99. The maximum Gasteiger partial charge on any atom is 0.418 e. The van der Waals surface area contributed by atoms with E-state index in [1.165, 1.54) is 17.0 Å². The Balaban J connectivity index is 2.94. The van der Waals surface area contributed by atoms with E-state index in [0.717, 1.165) is 25.3 Å². The molecule has 0 aliphatic rings. The van der Waals surface area contributed by atoms with Gasteiger partial charge in [0.1, 0.15) is 0 Å². The number of carbonyl (C=O) groups excluding carboxylic acids is 1. The number of para-hydroxylation sites is 1. The van der Waals surface area contributed by atoms with Gasteiger partial charge in [0.05, 0.1) is 16.8 Å². The van der Waals surface area contributed by atoms with Crippen molar-refractivity contribution in [3.63, 3.8) is 0 Å². The lowest BCUT2D eigenvalue weighted by atomic mass is 10.1. The third-order valence-electron chi connectivity index (χ3n) is 3.09. The van der Waals surface area contributed by atoms with Crippen molar-refractivity contribution in [2.24, 2.45) is 0 Å². The second-order valence-corrected chi connectivity index (χ2v) is 4.70. The highest BCUT2D eigenvalue weighted by atomic mass is 19.4. The van der Waals surface area contributed by atoms with Gasteiger partial charge >= 0.3 is 6.18 Å². The summed E-state index contributed by atoms with van der Waals surface area (Å²) in [5.41, 5.74) is 3.92. The minimum absolute atomic E-state index is 0.0983. The fourth-order valence-corrected chi connectivity index (χ4v) is 1.91. The molecule has 0 saturated carbocycles. The van der Waals surface area contributed by atoms with E-state index in [4.69, 9.17) is 5.73 Å². The molecule has 0 atom stereocenters. The first-order valence-electron chi connectivity index (χ1n) is 6.50. The standard InChI is InChI=1S/C14H19F3N2O/c1-3-4-5-9-19(2)13(20)10-7-6-8-11(12(10)18)14(15,16)17/h6-8H,3-5,9,18H2,1-2H3. The van der Waals surface area contributed by atoms with Crippen LogP contribution in [0.3, 0.4) is 0 Å². The maximum atomic E-state index is 12.7. The molecule has 1 rings (SSSR count). The number of nitrogen functional groups attached to an aromatic ring is 1. The topological polar surface area (TPSA) is 46.3 Å². The molecule has 6 heteroatoms. The van der Waals surface area contributed by atoms with Gasteiger partial charge in [0, 0.05) is 13.6 Å². The Morgan fingerprint density at radius 1 is 1.30 bits per heavy atom. The summed E-state index contributed by atoms with van der Waals surface area (Å²) in [4.78, 5) is 13.5. The monoisotopic (exact) mass is 288 g/mol. The third-order valence-corrected chi connectivity index (χ3v) is 3.09. The number of alkyl halides is 3. The summed E-state index contributed by atoms with van der Waals surface area (Å²) in [5, 5.41) is 0. The molecule has 0 bridgehead atoms. The lowest BCUT2D eigenvalue weighted by molar-refractivity contribution is -0.136. The summed E-state index contributed by atoms with van der Waals surface area (Å²) < 4.78 is 38.2. The number of amides is 1. The van der Waals surface area contributed by atoms with Gasteiger partial charge in [0.15, 0.2) is 0 Å². The van der Waals surface area contributed by atoms with E-state index >= 15 is 0 Å². The molecule has 0 spiro atoms. The molecule has 0 aliphatic heterocycles. The van der Waals surface area contributed by atoms with Crippen LogP contribution in [0.2, 0.25) is 0 Å². The smallest absolute Gasteiger partial charge is 0.398 e. The molecule has 1 aromatic carbocycles. The maximum absolute atomic E-state index is 12.7. The van der Waals surface area contributed by atoms with E-state index in [1.54, 1.807) is 7.05 Å². The summed E-state index contributed by atoms with van der Waals surface area (Å²) in [6.07, 6.45) is -1.76. The van der Waals surface area contributed by atoms with E-state index in [-0.39, 0.29) is 5.56 Å². The van der Waals surface area contributed by atoms with Gasteiger partial charge in [-0.15, -0.1) is 0 Å². The average molecular weight is 288 g/mol. The first kappa shape index (κ1) is 16.3. The first-order chi connectivity index (χ1) is 9.29. The quantitative estimate of drug-likeness (QED) is 0.665. The number of hydrogen-bond acceptors (Lipinski definition) is 2. The predicted octanol–water partition coefficient (Wildman–Crippen LogP) is 3.55. The van der Waals surface area contributed by atoms with Gasteiger partial charge < -0.3 is 10.6 Å². The van der Waals surface area contributed by atoms with E-state index in [0.29, 0.717) is 6.54 Å². The zero-order valence-corrected chi connectivity index (χ0v) is 11.6. The Kier molecular flexibility index (Phi) is 5.42. The summed E-state index contributed by atoms with van der Waals surface area (Å²) in [5.74, 6) is -0.482. The molecule has 112 valence electrons. The van der Waals surface area contributed by atoms with Crippen molar-refractivity contribution in [2.75, 3.05) is 19.3 Å². The van der Waals surface area contributed by atoms with Crippen LogP contribution in [-0.4, -0.2) is 24.4 Å². The van der Waals surface area contributed by atoms with Gasteiger partial charge in [-0.05, 0) is 18.6 Å². The van der Waals surface area contributed by atoms with Crippen LogP contribution >= 0.6 is 0 Å². The molecule has 2 N–H and O–H groups in total. The second kappa shape index (κ2) is 6.63. The van der Waals surface area contributed by atoms with Gasteiger partial charge in [0.2, 0.25) is 0 Å². The molecule has 0 fully saturated rings. The van der Waals surface area contributed by atoms with Gasteiger partial charge in [-0.3, -0.25) is 4.79 Å². The number of hydrogen-bond donors (Lipinski definition) is 1. The molecule has 0 aliphatic carbocycles. The Bertz CT molecular complexity index is 472. The fraction of sp³-hybridized carbons (Fsp3) is 0.500. The van der Waals surface area contributed by atoms with Crippen LogP contribution < -0.4 is 5.73 Å². The normalized spacial score (nSPS) is 11.4. The number of nitrogens with two attached hydrogens (primary N) is 1. The molecule has 1 aromatic rings. The van der Waals surface area contributed by atoms with Crippen molar-refractivity contribution in [3.8, 4) is 0 Å². The number of nitrogens with zero attached hydrogens (tertiary/aromatic N) is 1. The molecule has 1 amide bonds. The molecular formula is C14H19F3N2O. The fourth-order valence-electron chi connectivity index (χ4n) is 1.91. The first-order valence-corrected chi connectivity index (χ1v) is 6.50. The molecule has 0 unspecified atom stereocenters. The SMILES string of the molecule is CCCCCN(C)C(=O)c1cccc(C(F)(F)F)c1N. The number of carbonyl (C=O) groups is 1. The van der Waals surface area contributed by atoms with Crippen molar-refractivity contribution < 1.29 is 18.0 Å². The Labute approximate surface area is 116 Å². The van der Waals surface area contributed by atoms with E-state index in [1.807, 2.05) is 6.92 Å². The molecule has 0 saturated heterocycles. The van der Waals surface area contributed by atoms with Crippen molar-refractivity contribution in [1.29, 1.82) is 0 Å². The number of unbranched alkanes of at least 4 members (excludes halogenated alkanes) is 2. The minimum Gasteiger partial charge on any atom is -0.398 e. The van der Waals surface area contributed by atoms with E-state index in [2.05, 4.69) is 0 Å². The number of rotatable bonds is 5. The lowest BCUT2D eigenvalue weighted by Gasteiger charge is -2.19. The van der Waals surface area contributed by atoms with Crippen molar-refractivity contribution in [3.05, 3.63) is 29.3 Å². The zero-order chi connectivity index (χ0) is 15.3. The lowest BCUT2D eigenvalue weighted by Crippen LogP contribution is -2.29. The predicted molar refractivity (Wildman–Crippen MR) is 72.3 cm³/mol. The number of anilines is 1. The zero-order valence-electron chi connectivity index (χ0n) is 11.6. The largest absolute Gasteiger partial charge is 0.418 e. The molecule has 20 heavy (non-hydrogen) atoms. The summed E-state index contributed by atoms with van der Waals surface area (Å²) in [6, 6.07) is 3.40. The average Bonchev–Trinajstić information content (AvgIpc) is 2.37. The summed E-state index contributed by atoms with van der Waals surface area (Å²) >= 11 is 0. The van der Waals surface area contributed by atoms with Crippen LogP contribution in [0.1, 0.15) is 42.1 Å². The highest BCUT2D eigenvalue weighted by Gasteiger charge is 2.34. The molecular weight excluding hydrogens is 269 g/mol. The Morgan fingerprint density at radius 2 is 1.95 bits per heavy atom. The van der Waals surface area contributed by atoms with Crippen molar-refractivity contribution >= 4 is 11.6 Å². The number of halogens is 3. The number of benzene rings is 1. The van der Waals surface area contributed by atoms with Crippen LogP contribution in [0.4, 0.5) is 18.9 Å². The molecule has 0 radical (unpaired) electrons.